The van der Waals surface area contributed by atoms with E-state index in [4.69, 9.17) is 4.74 Å². The van der Waals surface area contributed by atoms with Crippen molar-refractivity contribution in [2.24, 2.45) is 5.10 Å². The zero-order chi connectivity index (χ0) is 21.8. The second-order valence-electron chi connectivity index (χ2n) is 7.37. The Bertz CT molecular complexity index is 1190. The van der Waals surface area contributed by atoms with E-state index < -0.39 is 0 Å². The quantitative estimate of drug-likeness (QED) is 0.494. The third-order valence-electron chi connectivity index (χ3n) is 5.22. The average Bonchev–Trinajstić information content (AvgIpc) is 3.10. The van der Waals surface area contributed by atoms with Crippen molar-refractivity contribution in [3.8, 4) is 5.75 Å². The minimum Gasteiger partial charge on any atom is -0.496 e. The van der Waals surface area contributed by atoms with Gasteiger partial charge in [0.2, 0.25) is 0 Å². The smallest absolute Gasteiger partial charge is 0.281 e. The van der Waals surface area contributed by atoms with Crippen molar-refractivity contribution < 1.29 is 9.53 Å². The summed E-state index contributed by atoms with van der Waals surface area (Å²) >= 11 is 0. The summed E-state index contributed by atoms with van der Waals surface area (Å²) in [5, 5.41) is 6.03. The van der Waals surface area contributed by atoms with Crippen LogP contribution in [0.2, 0.25) is 0 Å². The van der Waals surface area contributed by atoms with E-state index in [1.54, 1.807) is 7.11 Å². The summed E-state index contributed by atoms with van der Waals surface area (Å²) in [6.45, 7) is 3.92. The third kappa shape index (κ3) is 4.19. The van der Waals surface area contributed by atoms with Crippen molar-refractivity contribution in [3.63, 3.8) is 0 Å². The molecule has 4 rings (SSSR count). The molecule has 0 atom stereocenters. The molecule has 0 aliphatic carbocycles. The Morgan fingerprint density at radius 2 is 1.58 bits per heavy atom. The zero-order valence-electron chi connectivity index (χ0n) is 17.9. The van der Waals surface area contributed by atoms with Crippen LogP contribution >= 0.6 is 0 Å². The first-order valence-corrected chi connectivity index (χ1v) is 10.2. The predicted molar refractivity (Wildman–Crippen MR) is 127 cm³/mol. The molecule has 3 aromatic rings. The summed E-state index contributed by atoms with van der Waals surface area (Å²) in [6.07, 6.45) is 3.95. The normalized spacial score (nSPS) is 15.4. The molecule has 0 radical (unpaired) electrons. The Kier molecular flexibility index (Phi) is 5.80. The summed E-state index contributed by atoms with van der Waals surface area (Å²) in [5.74, 6) is 0.644. The van der Waals surface area contributed by atoms with Gasteiger partial charge in [0.05, 0.1) is 24.1 Å². The Hall–Kier alpha value is -3.92. The topological polar surface area (TPSA) is 41.9 Å². The lowest BCUT2D eigenvalue weighted by Gasteiger charge is -2.13. The lowest BCUT2D eigenvalue weighted by molar-refractivity contribution is -0.114. The Morgan fingerprint density at radius 1 is 0.903 bits per heavy atom. The van der Waals surface area contributed by atoms with Gasteiger partial charge in [-0.05, 0) is 43.2 Å². The fourth-order valence-corrected chi connectivity index (χ4v) is 3.59. The van der Waals surface area contributed by atoms with Crippen molar-refractivity contribution in [1.29, 1.82) is 0 Å². The van der Waals surface area contributed by atoms with Crippen LogP contribution in [0.5, 0.6) is 5.75 Å². The Balaban J connectivity index is 1.83. The molecule has 0 saturated carbocycles. The molecular formula is C27H24N2O2. The van der Waals surface area contributed by atoms with E-state index in [0.29, 0.717) is 11.3 Å². The maximum atomic E-state index is 13.4. The molecule has 1 heterocycles. The first-order chi connectivity index (χ1) is 15.1. The van der Waals surface area contributed by atoms with Gasteiger partial charge in [0.15, 0.2) is 0 Å². The van der Waals surface area contributed by atoms with Crippen molar-refractivity contribution >= 4 is 29.0 Å². The van der Waals surface area contributed by atoms with E-state index in [9.17, 15) is 4.79 Å². The van der Waals surface area contributed by atoms with Gasteiger partial charge in [-0.1, -0.05) is 78.4 Å². The number of anilines is 1. The highest BCUT2D eigenvalue weighted by Crippen LogP contribution is 2.31. The molecule has 0 spiro atoms. The standard InChI is InChI=1S/C27H24N2O2/c1-19-13-15-21(16-14-19)24(18-17-22-9-7-8-12-25(22)31-3)26-20(2)28-29(27(26)30)23-10-5-4-6-11-23/h4-18H,1-3H3/b18-17-,26-24-. The predicted octanol–water partition coefficient (Wildman–Crippen LogP) is 5.89. The summed E-state index contributed by atoms with van der Waals surface area (Å²) in [4.78, 5) is 13.4. The number of para-hydroxylation sites is 2. The van der Waals surface area contributed by atoms with Crippen LogP contribution in [0.25, 0.3) is 11.6 Å². The minimum atomic E-state index is -0.135. The number of allylic oxidation sites excluding steroid dienone is 2. The molecule has 0 unspecified atom stereocenters. The lowest BCUT2D eigenvalue weighted by atomic mass is 9.95. The highest BCUT2D eigenvalue weighted by atomic mass is 16.5. The van der Waals surface area contributed by atoms with Gasteiger partial charge in [0, 0.05) is 5.56 Å². The largest absolute Gasteiger partial charge is 0.496 e. The molecule has 0 N–H and O–H groups in total. The number of benzene rings is 3. The molecule has 4 nitrogen and oxygen atoms in total. The number of nitrogens with zero attached hydrogens (tertiary/aromatic N) is 2. The maximum Gasteiger partial charge on any atom is 0.281 e. The molecule has 1 aliphatic heterocycles. The maximum absolute atomic E-state index is 13.4. The molecule has 0 fully saturated rings. The molecule has 1 aliphatic rings. The second-order valence-corrected chi connectivity index (χ2v) is 7.37. The number of hydrogen-bond donors (Lipinski definition) is 0. The number of aryl methyl sites for hydroxylation is 1. The fourth-order valence-electron chi connectivity index (χ4n) is 3.59. The van der Waals surface area contributed by atoms with E-state index in [0.717, 1.165) is 33.7 Å². The molecule has 1 amide bonds. The molecule has 154 valence electrons. The van der Waals surface area contributed by atoms with Crippen molar-refractivity contribution in [2.75, 3.05) is 12.1 Å². The molecule has 0 bridgehead atoms. The number of hydrazone groups is 1. The number of ether oxygens (including phenoxy) is 1. The van der Waals surface area contributed by atoms with E-state index in [1.165, 1.54) is 5.01 Å². The Morgan fingerprint density at radius 3 is 2.29 bits per heavy atom. The van der Waals surface area contributed by atoms with Crippen LogP contribution in [0.4, 0.5) is 5.69 Å². The molecule has 3 aromatic carbocycles. The first kappa shape index (κ1) is 20.4. The molecule has 4 heteroatoms. The van der Waals surface area contributed by atoms with E-state index >= 15 is 0 Å². The van der Waals surface area contributed by atoms with E-state index in [-0.39, 0.29) is 5.91 Å². The van der Waals surface area contributed by atoms with E-state index in [2.05, 4.69) is 5.10 Å². The van der Waals surface area contributed by atoms with Crippen LogP contribution in [-0.2, 0) is 4.79 Å². The number of amides is 1. The highest BCUT2D eigenvalue weighted by Gasteiger charge is 2.31. The van der Waals surface area contributed by atoms with Crippen LogP contribution < -0.4 is 9.75 Å². The fraction of sp³-hybridized carbons (Fsp3) is 0.111. The van der Waals surface area contributed by atoms with Crippen molar-refractivity contribution in [1.82, 2.24) is 0 Å². The average molecular weight is 409 g/mol. The van der Waals surface area contributed by atoms with Crippen molar-refractivity contribution in [2.45, 2.75) is 13.8 Å². The molecule has 31 heavy (non-hydrogen) atoms. The molecule has 0 aromatic heterocycles. The summed E-state index contributed by atoms with van der Waals surface area (Å²) in [6, 6.07) is 25.5. The van der Waals surface area contributed by atoms with Crippen LogP contribution in [0, 0.1) is 6.92 Å². The first-order valence-electron chi connectivity index (χ1n) is 10.2. The van der Waals surface area contributed by atoms with Crippen molar-refractivity contribution in [3.05, 3.63) is 107 Å². The number of rotatable bonds is 5. The molecule has 0 saturated heterocycles. The zero-order valence-corrected chi connectivity index (χ0v) is 17.9. The van der Waals surface area contributed by atoms with Crippen LogP contribution in [0.3, 0.4) is 0 Å². The summed E-state index contributed by atoms with van der Waals surface area (Å²) < 4.78 is 5.48. The van der Waals surface area contributed by atoms with Crippen LogP contribution in [0.1, 0.15) is 23.6 Å². The summed E-state index contributed by atoms with van der Waals surface area (Å²) in [5.41, 5.74) is 5.93. The van der Waals surface area contributed by atoms with Gasteiger partial charge < -0.3 is 4.74 Å². The van der Waals surface area contributed by atoms with E-state index in [1.807, 2.05) is 105 Å². The number of methoxy groups -OCH3 is 1. The number of carbonyl (C=O) groups is 1. The monoisotopic (exact) mass is 408 g/mol. The number of carbonyl (C=O) groups excluding carboxylic acids is 1. The second kappa shape index (κ2) is 8.84. The van der Waals surface area contributed by atoms with Gasteiger partial charge in [0.25, 0.3) is 5.91 Å². The van der Waals surface area contributed by atoms with Gasteiger partial charge in [-0.2, -0.15) is 10.1 Å². The third-order valence-corrected chi connectivity index (χ3v) is 5.22. The highest BCUT2D eigenvalue weighted by molar-refractivity contribution is 6.34. The van der Waals surface area contributed by atoms with Crippen LogP contribution in [-0.4, -0.2) is 18.7 Å². The summed E-state index contributed by atoms with van der Waals surface area (Å²) in [7, 11) is 1.65. The minimum absolute atomic E-state index is 0.135. The lowest BCUT2D eigenvalue weighted by Crippen LogP contribution is -2.21. The Labute approximate surface area is 182 Å². The van der Waals surface area contributed by atoms with Gasteiger partial charge in [-0.25, -0.2) is 0 Å². The SMILES string of the molecule is COc1ccccc1/C=C\C(=C1\C(=O)N(c2ccccc2)N=C1C)c1ccc(C)cc1. The van der Waals surface area contributed by atoms with Gasteiger partial charge >= 0.3 is 0 Å². The molecular weight excluding hydrogens is 384 g/mol. The van der Waals surface area contributed by atoms with Gasteiger partial charge in [0.1, 0.15) is 5.75 Å². The van der Waals surface area contributed by atoms with Crippen LogP contribution in [0.15, 0.2) is 95.6 Å². The van der Waals surface area contributed by atoms with Gasteiger partial charge in [-0.3, -0.25) is 4.79 Å². The number of hydrogen-bond acceptors (Lipinski definition) is 3. The van der Waals surface area contributed by atoms with Gasteiger partial charge in [-0.15, -0.1) is 0 Å².